The Bertz CT molecular complexity index is 425. The van der Waals surface area contributed by atoms with E-state index in [1.165, 1.54) is 44.1 Å². The van der Waals surface area contributed by atoms with Crippen LogP contribution in [0, 0.1) is 5.92 Å². The summed E-state index contributed by atoms with van der Waals surface area (Å²) in [5.74, 6) is 2.99. The molecule has 1 saturated carbocycles. The highest BCUT2D eigenvalue weighted by molar-refractivity contribution is 5.44. The molecular weight excluding hydrogens is 262 g/mol. The largest absolute Gasteiger partial charge is 0.493 e. The minimum Gasteiger partial charge on any atom is -0.493 e. The van der Waals surface area contributed by atoms with Crippen molar-refractivity contribution in [2.45, 2.75) is 44.4 Å². The van der Waals surface area contributed by atoms with Gasteiger partial charge < -0.3 is 14.8 Å². The van der Waals surface area contributed by atoms with Gasteiger partial charge in [0.05, 0.1) is 14.2 Å². The first-order valence-electron chi connectivity index (χ1n) is 8.16. The Morgan fingerprint density at radius 3 is 2.29 bits per heavy atom. The molecule has 1 aliphatic rings. The van der Waals surface area contributed by atoms with Crippen LogP contribution in [0.15, 0.2) is 18.2 Å². The monoisotopic (exact) mass is 291 g/mol. The average molecular weight is 291 g/mol. The molecule has 1 aliphatic carbocycles. The summed E-state index contributed by atoms with van der Waals surface area (Å²) < 4.78 is 10.8. The van der Waals surface area contributed by atoms with Gasteiger partial charge in [-0.2, -0.15) is 0 Å². The molecule has 21 heavy (non-hydrogen) atoms. The molecule has 3 nitrogen and oxygen atoms in total. The molecule has 0 heterocycles. The zero-order chi connectivity index (χ0) is 15.1. The van der Waals surface area contributed by atoms with Crippen LogP contribution in [-0.4, -0.2) is 27.8 Å². The Balaban J connectivity index is 2.23. The van der Waals surface area contributed by atoms with E-state index in [0.29, 0.717) is 5.92 Å². The maximum absolute atomic E-state index is 5.47. The molecule has 2 rings (SSSR count). The highest BCUT2D eigenvalue weighted by Crippen LogP contribution is 2.38. The quantitative estimate of drug-likeness (QED) is 0.804. The van der Waals surface area contributed by atoms with Gasteiger partial charge in [0.25, 0.3) is 0 Å². The number of ether oxygens (including phenoxy) is 2. The van der Waals surface area contributed by atoms with Gasteiger partial charge >= 0.3 is 0 Å². The summed E-state index contributed by atoms with van der Waals surface area (Å²) in [6.45, 7) is 1.03. The van der Waals surface area contributed by atoms with Crippen LogP contribution in [0.5, 0.6) is 11.5 Å². The Labute approximate surface area is 129 Å². The fourth-order valence-corrected chi connectivity index (χ4v) is 3.57. The van der Waals surface area contributed by atoms with Gasteiger partial charge in [0.1, 0.15) is 0 Å². The second-order valence-electron chi connectivity index (χ2n) is 6.03. The van der Waals surface area contributed by atoms with E-state index in [1.54, 1.807) is 14.2 Å². The number of hydrogen-bond donors (Lipinski definition) is 1. The van der Waals surface area contributed by atoms with E-state index in [2.05, 4.69) is 17.4 Å². The maximum Gasteiger partial charge on any atom is 0.160 e. The lowest BCUT2D eigenvalue weighted by molar-refractivity contribution is 0.347. The molecule has 0 bridgehead atoms. The van der Waals surface area contributed by atoms with Crippen molar-refractivity contribution in [3.05, 3.63) is 23.8 Å². The van der Waals surface area contributed by atoms with E-state index >= 15 is 0 Å². The van der Waals surface area contributed by atoms with Crippen molar-refractivity contribution in [3.8, 4) is 11.5 Å². The lowest BCUT2D eigenvalue weighted by atomic mass is 9.81. The summed E-state index contributed by atoms with van der Waals surface area (Å²) in [5, 5.41) is 3.38. The van der Waals surface area contributed by atoms with Crippen molar-refractivity contribution in [1.82, 2.24) is 5.32 Å². The van der Waals surface area contributed by atoms with Gasteiger partial charge in [-0.15, -0.1) is 0 Å². The normalized spacial score (nSPS) is 18.0. The summed E-state index contributed by atoms with van der Waals surface area (Å²) in [6.07, 6.45) is 8.24. The summed E-state index contributed by atoms with van der Waals surface area (Å²) in [7, 11) is 5.44. The molecule has 118 valence electrons. The highest BCUT2D eigenvalue weighted by Gasteiger charge is 2.24. The van der Waals surface area contributed by atoms with Gasteiger partial charge in [-0.05, 0) is 49.4 Å². The number of benzene rings is 1. The molecule has 0 aliphatic heterocycles. The first-order chi connectivity index (χ1) is 10.3. The van der Waals surface area contributed by atoms with E-state index < -0.39 is 0 Å². The third-order valence-corrected chi connectivity index (χ3v) is 4.73. The average Bonchev–Trinajstić information content (AvgIpc) is 2.81. The fourth-order valence-electron chi connectivity index (χ4n) is 3.57. The number of likely N-dealkylation sites (N-methyl/N-ethyl adjacent to an activating group) is 1. The minimum absolute atomic E-state index is 0.563. The molecule has 0 amide bonds. The first-order valence-corrected chi connectivity index (χ1v) is 8.16. The van der Waals surface area contributed by atoms with Gasteiger partial charge in [-0.25, -0.2) is 0 Å². The molecule has 0 saturated heterocycles. The molecular formula is C18H29NO2. The zero-order valence-corrected chi connectivity index (χ0v) is 13.7. The van der Waals surface area contributed by atoms with Gasteiger partial charge in [0.15, 0.2) is 11.5 Å². The zero-order valence-electron chi connectivity index (χ0n) is 13.7. The molecule has 1 fully saturated rings. The number of methoxy groups -OCH3 is 2. The van der Waals surface area contributed by atoms with Crippen LogP contribution in [0.4, 0.5) is 0 Å². The second kappa shape index (κ2) is 8.28. The molecule has 3 heteroatoms. The topological polar surface area (TPSA) is 30.5 Å². The Kier molecular flexibility index (Phi) is 6.37. The van der Waals surface area contributed by atoms with Gasteiger partial charge in [-0.3, -0.25) is 0 Å². The smallest absolute Gasteiger partial charge is 0.160 e. The minimum atomic E-state index is 0.563. The van der Waals surface area contributed by atoms with Crippen molar-refractivity contribution in [2.24, 2.45) is 5.92 Å². The van der Waals surface area contributed by atoms with Crippen LogP contribution in [0.1, 0.15) is 50.0 Å². The van der Waals surface area contributed by atoms with Crippen LogP contribution in [-0.2, 0) is 0 Å². The first kappa shape index (κ1) is 16.2. The van der Waals surface area contributed by atoms with Crippen molar-refractivity contribution in [3.63, 3.8) is 0 Å². The molecule has 1 aromatic carbocycles. The van der Waals surface area contributed by atoms with Gasteiger partial charge in [-0.1, -0.05) is 31.7 Å². The van der Waals surface area contributed by atoms with E-state index in [1.807, 2.05) is 13.1 Å². The maximum atomic E-state index is 5.47. The molecule has 0 spiro atoms. The van der Waals surface area contributed by atoms with E-state index in [-0.39, 0.29) is 0 Å². The molecule has 1 N–H and O–H groups in total. The Hall–Kier alpha value is -1.22. The summed E-state index contributed by atoms with van der Waals surface area (Å²) in [6, 6.07) is 6.40. The predicted octanol–water partition coefficient (Wildman–Crippen LogP) is 3.98. The highest BCUT2D eigenvalue weighted by atomic mass is 16.5. The summed E-state index contributed by atoms with van der Waals surface area (Å²) in [4.78, 5) is 0. The lowest BCUT2D eigenvalue weighted by Gasteiger charge is -2.27. The van der Waals surface area contributed by atoms with Gasteiger partial charge in [0.2, 0.25) is 0 Å². The van der Waals surface area contributed by atoms with E-state index in [4.69, 9.17) is 9.47 Å². The molecule has 1 aromatic rings. The Morgan fingerprint density at radius 2 is 1.71 bits per heavy atom. The number of hydrogen-bond acceptors (Lipinski definition) is 3. The lowest BCUT2D eigenvalue weighted by Crippen LogP contribution is -2.24. The van der Waals surface area contributed by atoms with E-state index in [9.17, 15) is 0 Å². The number of rotatable bonds is 6. The van der Waals surface area contributed by atoms with Crippen molar-refractivity contribution < 1.29 is 9.47 Å². The molecule has 1 unspecified atom stereocenters. The third kappa shape index (κ3) is 4.13. The van der Waals surface area contributed by atoms with Crippen LogP contribution in [0.2, 0.25) is 0 Å². The SMILES string of the molecule is CNCC(c1ccc(OC)c(OC)c1)C1CCCCCC1. The van der Waals surface area contributed by atoms with Crippen molar-refractivity contribution in [1.29, 1.82) is 0 Å². The van der Waals surface area contributed by atoms with Crippen LogP contribution >= 0.6 is 0 Å². The second-order valence-corrected chi connectivity index (χ2v) is 6.03. The van der Waals surface area contributed by atoms with Crippen LogP contribution < -0.4 is 14.8 Å². The predicted molar refractivity (Wildman–Crippen MR) is 87.4 cm³/mol. The fraction of sp³-hybridized carbons (Fsp3) is 0.667. The molecule has 0 aromatic heterocycles. The van der Waals surface area contributed by atoms with E-state index in [0.717, 1.165) is 24.0 Å². The van der Waals surface area contributed by atoms with Gasteiger partial charge in [0, 0.05) is 6.54 Å². The molecule has 1 atom stereocenters. The summed E-state index contributed by atoms with van der Waals surface area (Å²) in [5.41, 5.74) is 1.37. The van der Waals surface area contributed by atoms with Crippen molar-refractivity contribution >= 4 is 0 Å². The molecule has 0 radical (unpaired) electrons. The summed E-state index contributed by atoms with van der Waals surface area (Å²) >= 11 is 0. The standard InChI is InChI=1S/C18H29NO2/c1-19-13-16(14-8-6-4-5-7-9-14)15-10-11-17(20-2)18(12-15)21-3/h10-12,14,16,19H,4-9,13H2,1-3H3. The van der Waals surface area contributed by atoms with Crippen LogP contribution in [0.3, 0.4) is 0 Å². The third-order valence-electron chi connectivity index (χ3n) is 4.73. The van der Waals surface area contributed by atoms with Crippen molar-refractivity contribution in [2.75, 3.05) is 27.8 Å². The number of nitrogens with one attached hydrogen (secondary N) is 1. The Morgan fingerprint density at radius 1 is 1.05 bits per heavy atom. The van der Waals surface area contributed by atoms with Crippen LogP contribution in [0.25, 0.3) is 0 Å².